The quantitative estimate of drug-likeness (QED) is 0.196. The molecule has 0 saturated heterocycles. The Morgan fingerprint density at radius 1 is 0.714 bits per heavy atom. The average molecular weight is 472 g/mol. The number of anilines is 3. The molecule has 3 nitrogen and oxygen atoms in total. The number of carbonyl (C=O) groups excluding carboxylic acids is 2. The predicted octanol–water partition coefficient (Wildman–Crippen LogP) is 8.14. The number of fused-ring (bicyclic) bond motifs is 2. The highest BCUT2D eigenvalue weighted by Gasteiger charge is 2.33. The Kier molecular flexibility index (Phi) is 5.16. The van der Waals surface area contributed by atoms with E-state index in [-0.39, 0.29) is 17.1 Å². The topological polar surface area (TPSA) is 37.4 Å². The van der Waals surface area contributed by atoms with Crippen LogP contribution in [0.1, 0.15) is 31.2 Å². The third-order valence-corrected chi connectivity index (χ3v) is 7.31. The first-order valence-corrected chi connectivity index (χ1v) is 12.3. The van der Waals surface area contributed by atoms with Gasteiger partial charge < -0.3 is 4.90 Å². The zero-order chi connectivity index (χ0) is 23.9. The van der Waals surface area contributed by atoms with Gasteiger partial charge in [0, 0.05) is 27.1 Å². The van der Waals surface area contributed by atoms with Crippen LogP contribution in [0.2, 0.25) is 0 Å². The highest BCUT2D eigenvalue weighted by molar-refractivity contribution is 7.17. The second-order valence-corrected chi connectivity index (χ2v) is 9.70. The van der Waals surface area contributed by atoms with Crippen molar-refractivity contribution < 1.29 is 9.59 Å². The van der Waals surface area contributed by atoms with Crippen LogP contribution in [-0.4, -0.2) is 11.6 Å². The highest BCUT2D eigenvalue weighted by atomic mass is 32.1. The number of carbonyl (C=O) groups is 2. The van der Waals surface area contributed by atoms with E-state index in [1.807, 2.05) is 49.4 Å². The first-order valence-electron chi connectivity index (χ1n) is 11.4. The van der Waals surface area contributed by atoms with Crippen LogP contribution in [0.25, 0.3) is 16.8 Å². The normalized spacial score (nSPS) is 14.0. The molecule has 0 bridgehead atoms. The number of hydrogen-bond donors (Lipinski definition) is 0. The Bertz CT molecular complexity index is 1640. The Morgan fingerprint density at radius 2 is 1.46 bits per heavy atom. The van der Waals surface area contributed by atoms with Gasteiger partial charge in [-0.2, -0.15) is 0 Å². The fourth-order valence-corrected chi connectivity index (χ4v) is 5.60. The van der Waals surface area contributed by atoms with Crippen molar-refractivity contribution in [3.8, 4) is 0 Å². The van der Waals surface area contributed by atoms with Crippen LogP contribution in [0, 0.1) is 6.92 Å². The minimum absolute atomic E-state index is 0.197. The monoisotopic (exact) mass is 471 g/mol. The molecular formula is C31H21NO2S. The van der Waals surface area contributed by atoms with Gasteiger partial charge in [-0.1, -0.05) is 72.3 Å². The number of para-hydroxylation sites is 1. The lowest BCUT2D eigenvalue weighted by molar-refractivity contribution is 0.0990. The minimum Gasteiger partial charge on any atom is -0.301 e. The number of Topliss-reactive ketones (excluding diaryl/α,β-unsaturated/α-hetero) is 2. The third-order valence-electron chi connectivity index (χ3n) is 6.30. The van der Waals surface area contributed by atoms with Gasteiger partial charge in [-0.3, -0.25) is 9.59 Å². The Balaban J connectivity index is 1.45. The van der Waals surface area contributed by atoms with Crippen molar-refractivity contribution >= 4 is 56.1 Å². The lowest BCUT2D eigenvalue weighted by atomic mass is 10.1. The van der Waals surface area contributed by atoms with Crippen molar-refractivity contribution in [2.45, 2.75) is 6.92 Å². The van der Waals surface area contributed by atoms with E-state index >= 15 is 0 Å². The maximum absolute atomic E-state index is 13.0. The van der Waals surface area contributed by atoms with Crippen molar-refractivity contribution in [2.24, 2.45) is 0 Å². The fraction of sp³-hybridized carbons (Fsp3) is 0.0323. The minimum atomic E-state index is -0.200. The van der Waals surface area contributed by atoms with Gasteiger partial charge >= 0.3 is 0 Å². The van der Waals surface area contributed by atoms with Crippen molar-refractivity contribution in [2.75, 3.05) is 4.90 Å². The summed E-state index contributed by atoms with van der Waals surface area (Å²) >= 11 is 1.56. The molecule has 0 amide bonds. The van der Waals surface area contributed by atoms with Crippen molar-refractivity contribution in [1.29, 1.82) is 0 Å². The zero-order valence-electron chi connectivity index (χ0n) is 19.1. The third kappa shape index (κ3) is 3.69. The fourth-order valence-electron chi connectivity index (χ4n) is 4.62. The smallest absolute Gasteiger partial charge is 0.197 e. The molecule has 0 fully saturated rings. The second-order valence-electron chi connectivity index (χ2n) is 8.61. The predicted molar refractivity (Wildman–Crippen MR) is 144 cm³/mol. The van der Waals surface area contributed by atoms with E-state index in [0.717, 1.165) is 32.2 Å². The summed E-state index contributed by atoms with van der Waals surface area (Å²) in [6.07, 6.45) is 1.74. The molecule has 168 valence electrons. The SMILES string of the molecule is Cc1ccc2c(c1)C(=O)/C(=C/c1ccc(N(c3ccccc3)c3cccc4ccccc34)s1)C2=O. The maximum atomic E-state index is 13.0. The molecule has 1 heterocycles. The highest BCUT2D eigenvalue weighted by Crippen LogP contribution is 2.42. The lowest BCUT2D eigenvalue weighted by Crippen LogP contribution is -2.08. The van der Waals surface area contributed by atoms with Crippen LogP contribution in [0.4, 0.5) is 16.4 Å². The number of benzene rings is 4. The molecule has 0 aliphatic heterocycles. The molecule has 0 N–H and O–H groups in total. The van der Waals surface area contributed by atoms with Gasteiger partial charge in [0.2, 0.25) is 0 Å². The molecule has 5 aromatic rings. The Hall–Kier alpha value is -4.28. The van der Waals surface area contributed by atoms with Gasteiger partial charge in [-0.05, 0) is 54.8 Å². The molecule has 0 saturated carbocycles. The standard InChI is InChI=1S/C31H21NO2S/c1-20-14-16-25-26(18-20)31(34)27(30(25)33)19-23-15-17-29(35-23)32(22-10-3-2-4-11-22)28-13-7-9-21-8-5-6-12-24(21)28/h2-19H,1H3/b27-19+. The summed E-state index contributed by atoms with van der Waals surface area (Å²) in [7, 11) is 0. The van der Waals surface area contributed by atoms with Crippen LogP contribution in [-0.2, 0) is 0 Å². The summed E-state index contributed by atoms with van der Waals surface area (Å²) in [5.41, 5.74) is 4.31. The molecule has 0 radical (unpaired) electrons. The van der Waals surface area contributed by atoms with E-state index in [9.17, 15) is 9.59 Å². The summed E-state index contributed by atoms with van der Waals surface area (Å²) in [6, 6.07) is 34.3. The summed E-state index contributed by atoms with van der Waals surface area (Å²) in [6.45, 7) is 1.93. The maximum Gasteiger partial charge on any atom is 0.197 e. The van der Waals surface area contributed by atoms with Gasteiger partial charge in [0.1, 0.15) is 5.00 Å². The van der Waals surface area contributed by atoms with Gasteiger partial charge in [-0.15, -0.1) is 11.3 Å². The van der Waals surface area contributed by atoms with Crippen LogP contribution in [0.3, 0.4) is 0 Å². The number of hydrogen-bond acceptors (Lipinski definition) is 4. The summed E-state index contributed by atoms with van der Waals surface area (Å²) in [5, 5.41) is 3.32. The molecule has 1 aliphatic carbocycles. The second kappa shape index (κ2) is 8.49. The van der Waals surface area contributed by atoms with Gasteiger partial charge in [0.15, 0.2) is 11.6 Å². The van der Waals surface area contributed by atoms with E-state index in [1.165, 1.54) is 5.39 Å². The van der Waals surface area contributed by atoms with E-state index in [2.05, 4.69) is 53.4 Å². The largest absolute Gasteiger partial charge is 0.301 e. The van der Waals surface area contributed by atoms with Crippen LogP contribution in [0.5, 0.6) is 0 Å². The molecular weight excluding hydrogens is 450 g/mol. The molecule has 1 aliphatic rings. The van der Waals surface area contributed by atoms with Gasteiger partial charge in [0.25, 0.3) is 0 Å². The zero-order valence-corrected chi connectivity index (χ0v) is 19.9. The van der Waals surface area contributed by atoms with Crippen LogP contribution < -0.4 is 4.90 Å². The van der Waals surface area contributed by atoms with Crippen molar-refractivity contribution in [1.82, 2.24) is 0 Å². The number of allylic oxidation sites excluding steroid dienone is 1. The summed E-state index contributed by atoms with van der Waals surface area (Å²) in [4.78, 5) is 29.0. The number of ketones is 2. The van der Waals surface area contributed by atoms with E-state index in [0.29, 0.717) is 11.1 Å². The molecule has 6 rings (SSSR count). The molecule has 0 atom stereocenters. The molecule has 0 unspecified atom stereocenters. The molecule has 4 aromatic carbocycles. The number of nitrogens with zero attached hydrogens (tertiary/aromatic N) is 1. The van der Waals surface area contributed by atoms with Gasteiger partial charge in [0.05, 0.1) is 11.3 Å². The first-order chi connectivity index (χ1) is 17.1. The molecule has 0 spiro atoms. The van der Waals surface area contributed by atoms with E-state index in [1.54, 1.807) is 29.5 Å². The number of rotatable bonds is 4. The van der Waals surface area contributed by atoms with Crippen LogP contribution >= 0.6 is 11.3 Å². The number of thiophene rings is 1. The Labute approximate surface area is 207 Å². The summed E-state index contributed by atoms with van der Waals surface area (Å²) < 4.78 is 0. The first kappa shape index (κ1) is 21.3. The van der Waals surface area contributed by atoms with Gasteiger partial charge in [-0.25, -0.2) is 0 Å². The Morgan fingerprint density at radius 3 is 2.31 bits per heavy atom. The van der Waals surface area contributed by atoms with Crippen molar-refractivity contribution in [3.05, 3.63) is 130 Å². The van der Waals surface area contributed by atoms with Crippen LogP contribution in [0.15, 0.2) is 109 Å². The number of aryl methyl sites for hydroxylation is 1. The molecule has 4 heteroatoms. The van der Waals surface area contributed by atoms with E-state index in [4.69, 9.17) is 0 Å². The molecule has 35 heavy (non-hydrogen) atoms. The van der Waals surface area contributed by atoms with E-state index < -0.39 is 0 Å². The summed E-state index contributed by atoms with van der Waals surface area (Å²) in [5.74, 6) is -0.397. The average Bonchev–Trinajstić information content (AvgIpc) is 3.43. The van der Waals surface area contributed by atoms with Crippen molar-refractivity contribution in [3.63, 3.8) is 0 Å². The lowest BCUT2D eigenvalue weighted by Gasteiger charge is -2.25. The molecule has 1 aromatic heterocycles.